The monoisotopic (exact) mass is 281 g/mol. The first-order chi connectivity index (χ1) is 10.1. The quantitative estimate of drug-likeness (QED) is 0.873. The van der Waals surface area contributed by atoms with Crippen molar-refractivity contribution in [2.24, 2.45) is 0 Å². The Labute approximate surface area is 127 Å². The fraction of sp³-hybridized carbons (Fsp3) is 0.316. The van der Waals surface area contributed by atoms with Crippen LogP contribution in [0.2, 0.25) is 0 Å². The number of amides is 1. The second-order valence-electron chi connectivity index (χ2n) is 5.54. The van der Waals surface area contributed by atoms with Crippen LogP contribution in [0.25, 0.3) is 0 Å². The summed E-state index contributed by atoms with van der Waals surface area (Å²) in [7, 11) is 0. The molecule has 110 valence electrons. The highest BCUT2D eigenvalue weighted by Crippen LogP contribution is 2.18. The molecule has 2 aromatic carbocycles. The van der Waals surface area contributed by atoms with Gasteiger partial charge in [-0.05, 0) is 37.5 Å². The zero-order valence-electron chi connectivity index (χ0n) is 13.0. The Balaban J connectivity index is 2.04. The number of hydrogen-bond acceptors (Lipinski definition) is 1. The van der Waals surface area contributed by atoms with E-state index in [9.17, 15) is 4.79 Å². The van der Waals surface area contributed by atoms with Crippen molar-refractivity contribution < 1.29 is 4.79 Å². The van der Waals surface area contributed by atoms with Gasteiger partial charge in [-0.3, -0.25) is 4.79 Å². The van der Waals surface area contributed by atoms with Crippen molar-refractivity contribution in [1.82, 2.24) is 5.32 Å². The van der Waals surface area contributed by atoms with Gasteiger partial charge in [0, 0.05) is 18.0 Å². The minimum atomic E-state index is 0.0191. The Hall–Kier alpha value is -2.09. The summed E-state index contributed by atoms with van der Waals surface area (Å²) < 4.78 is 0. The van der Waals surface area contributed by atoms with E-state index in [2.05, 4.69) is 24.4 Å². The lowest BCUT2D eigenvalue weighted by Gasteiger charge is -2.17. The predicted octanol–water partition coefficient (Wildman–Crippen LogP) is 4.23. The van der Waals surface area contributed by atoms with Crippen LogP contribution in [-0.4, -0.2) is 12.5 Å². The number of nitrogens with one attached hydrogen (secondary N) is 1. The molecule has 2 rings (SSSR count). The summed E-state index contributed by atoms with van der Waals surface area (Å²) in [6.07, 6.45) is 1.01. The molecule has 0 spiro atoms. The molecule has 1 unspecified atom stereocenters. The lowest BCUT2D eigenvalue weighted by Crippen LogP contribution is -2.28. The molecule has 0 fully saturated rings. The van der Waals surface area contributed by atoms with E-state index in [1.165, 1.54) is 5.56 Å². The Kier molecular flexibility index (Phi) is 5.15. The molecule has 0 saturated carbocycles. The van der Waals surface area contributed by atoms with Gasteiger partial charge in [-0.15, -0.1) is 0 Å². The number of rotatable bonds is 5. The molecule has 0 aliphatic rings. The van der Waals surface area contributed by atoms with Gasteiger partial charge in [-0.1, -0.05) is 55.0 Å². The molecule has 0 aliphatic heterocycles. The van der Waals surface area contributed by atoms with E-state index in [1.54, 1.807) is 0 Å². The van der Waals surface area contributed by atoms with E-state index in [0.29, 0.717) is 12.5 Å². The first kappa shape index (κ1) is 15.3. The van der Waals surface area contributed by atoms with Gasteiger partial charge in [0.25, 0.3) is 5.91 Å². The average Bonchev–Trinajstić information content (AvgIpc) is 2.51. The Morgan fingerprint density at radius 1 is 1.10 bits per heavy atom. The molecule has 1 amide bonds. The van der Waals surface area contributed by atoms with Crippen LogP contribution in [0.3, 0.4) is 0 Å². The van der Waals surface area contributed by atoms with Gasteiger partial charge in [0.15, 0.2) is 0 Å². The third-order valence-electron chi connectivity index (χ3n) is 3.91. The van der Waals surface area contributed by atoms with Crippen molar-refractivity contribution in [3.63, 3.8) is 0 Å². The van der Waals surface area contributed by atoms with Crippen LogP contribution < -0.4 is 5.32 Å². The highest BCUT2D eigenvalue weighted by atomic mass is 16.1. The van der Waals surface area contributed by atoms with E-state index >= 15 is 0 Å². The van der Waals surface area contributed by atoms with Gasteiger partial charge in [0.1, 0.15) is 0 Å². The topological polar surface area (TPSA) is 29.1 Å². The minimum absolute atomic E-state index is 0.0191. The third kappa shape index (κ3) is 3.94. The first-order valence-corrected chi connectivity index (χ1v) is 7.52. The second kappa shape index (κ2) is 7.07. The maximum absolute atomic E-state index is 12.4. The highest BCUT2D eigenvalue weighted by molar-refractivity contribution is 5.95. The second-order valence-corrected chi connectivity index (χ2v) is 5.54. The SMILES string of the molecule is CCC(CNC(=O)c1cc(C)ccc1C)c1ccccc1. The first-order valence-electron chi connectivity index (χ1n) is 7.52. The molecule has 1 atom stereocenters. The summed E-state index contributed by atoms with van der Waals surface area (Å²) >= 11 is 0. The van der Waals surface area contributed by atoms with E-state index in [0.717, 1.165) is 23.1 Å². The smallest absolute Gasteiger partial charge is 0.251 e. The molecule has 2 heteroatoms. The molecule has 1 N–H and O–H groups in total. The molecule has 0 aromatic heterocycles. The lowest BCUT2D eigenvalue weighted by molar-refractivity contribution is 0.0950. The van der Waals surface area contributed by atoms with Gasteiger partial charge in [0.2, 0.25) is 0 Å². The van der Waals surface area contributed by atoms with Crippen molar-refractivity contribution in [3.05, 3.63) is 70.8 Å². The van der Waals surface area contributed by atoms with Gasteiger partial charge in [0.05, 0.1) is 0 Å². The van der Waals surface area contributed by atoms with Crippen LogP contribution in [0, 0.1) is 13.8 Å². The van der Waals surface area contributed by atoms with Crippen LogP contribution in [-0.2, 0) is 0 Å². The zero-order chi connectivity index (χ0) is 15.2. The Morgan fingerprint density at radius 2 is 1.81 bits per heavy atom. The number of aryl methyl sites for hydroxylation is 2. The summed E-state index contributed by atoms with van der Waals surface area (Å²) in [5, 5.41) is 3.08. The molecule has 0 radical (unpaired) electrons. The van der Waals surface area contributed by atoms with Crippen LogP contribution in [0.5, 0.6) is 0 Å². The van der Waals surface area contributed by atoms with Gasteiger partial charge >= 0.3 is 0 Å². The van der Waals surface area contributed by atoms with Crippen LogP contribution in [0.1, 0.15) is 46.3 Å². The molecular weight excluding hydrogens is 258 g/mol. The maximum atomic E-state index is 12.4. The van der Waals surface area contributed by atoms with Gasteiger partial charge in [-0.25, -0.2) is 0 Å². The normalized spacial score (nSPS) is 12.0. The van der Waals surface area contributed by atoms with Crippen LogP contribution in [0.15, 0.2) is 48.5 Å². The van der Waals surface area contributed by atoms with Gasteiger partial charge in [-0.2, -0.15) is 0 Å². The lowest BCUT2D eigenvalue weighted by atomic mass is 9.96. The molecular formula is C19H23NO. The van der Waals surface area contributed by atoms with E-state index < -0.39 is 0 Å². The molecule has 21 heavy (non-hydrogen) atoms. The van der Waals surface area contributed by atoms with Crippen molar-refractivity contribution in [3.8, 4) is 0 Å². The van der Waals surface area contributed by atoms with E-state index in [4.69, 9.17) is 0 Å². The summed E-state index contributed by atoms with van der Waals surface area (Å²) in [4.78, 5) is 12.4. The highest BCUT2D eigenvalue weighted by Gasteiger charge is 2.13. The molecule has 0 heterocycles. The maximum Gasteiger partial charge on any atom is 0.251 e. The van der Waals surface area contributed by atoms with Crippen LogP contribution >= 0.6 is 0 Å². The summed E-state index contributed by atoms with van der Waals surface area (Å²) in [6, 6.07) is 16.3. The van der Waals surface area contributed by atoms with Crippen molar-refractivity contribution in [2.75, 3.05) is 6.54 Å². The zero-order valence-corrected chi connectivity index (χ0v) is 13.0. The largest absolute Gasteiger partial charge is 0.351 e. The minimum Gasteiger partial charge on any atom is -0.351 e. The standard InChI is InChI=1S/C19H23NO/c1-4-16(17-8-6-5-7-9-17)13-20-19(21)18-12-14(2)10-11-15(18)3/h5-12,16H,4,13H2,1-3H3,(H,20,21). The van der Waals surface area contributed by atoms with Crippen LogP contribution in [0.4, 0.5) is 0 Å². The summed E-state index contributed by atoms with van der Waals surface area (Å²) in [5.41, 5.74) is 4.19. The third-order valence-corrected chi connectivity index (χ3v) is 3.91. The molecule has 0 saturated heterocycles. The van der Waals surface area contributed by atoms with E-state index in [-0.39, 0.29) is 5.91 Å². The predicted molar refractivity (Wildman–Crippen MR) is 87.7 cm³/mol. The van der Waals surface area contributed by atoms with E-state index in [1.807, 2.05) is 50.2 Å². The number of hydrogen-bond donors (Lipinski definition) is 1. The van der Waals surface area contributed by atoms with Crippen molar-refractivity contribution >= 4 is 5.91 Å². The average molecular weight is 281 g/mol. The Morgan fingerprint density at radius 3 is 2.48 bits per heavy atom. The number of carbonyl (C=O) groups is 1. The molecule has 2 nitrogen and oxygen atoms in total. The molecule has 0 aliphatic carbocycles. The van der Waals surface area contributed by atoms with Gasteiger partial charge < -0.3 is 5.32 Å². The molecule has 2 aromatic rings. The summed E-state index contributed by atoms with van der Waals surface area (Å²) in [6.45, 7) is 6.81. The van der Waals surface area contributed by atoms with Crippen molar-refractivity contribution in [2.45, 2.75) is 33.1 Å². The fourth-order valence-electron chi connectivity index (χ4n) is 2.51. The number of benzene rings is 2. The molecule has 0 bridgehead atoms. The fourth-order valence-corrected chi connectivity index (χ4v) is 2.51. The van der Waals surface area contributed by atoms with Crippen molar-refractivity contribution in [1.29, 1.82) is 0 Å². The summed E-state index contributed by atoms with van der Waals surface area (Å²) in [5.74, 6) is 0.380. The number of carbonyl (C=O) groups excluding carboxylic acids is 1. The Bertz CT molecular complexity index is 604.